The maximum absolute atomic E-state index is 10.5. The second kappa shape index (κ2) is 13.6. The van der Waals surface area contributed by atoms with Gasteiger partial charge >= 0.3 is 5.97 Å². The fraction of sp³-hybridized carbons (Fsp3) is 0.192. The minimum atomic E-state index is -0.806. The maximum Gasteiger partial charge on any atom is 0.304 e. The normalized spacial score (nSPS) is 10.7. The molecule has 0 heterocycles. The highest BCUT2D eigenvalue weighted by molar-refractivity contribution is 6.32. The predicted octanol–water partition coefficient (Wildman–Crippen LogP) is 6.13. The van der Waals surface area contributed by atoms with E-state index in [1.165, 1.54) is 16.7 Å². The van der Waals surface area contributed by atoms with Crippen molar-refractivity contribution >= 4 is 36.1 Å². The van der Waals surface area contributed by atoms with Crippen molar-refractivity contribution in [3.05, 3.63) is 95.0 Å². The molecule has 0 saturated carbocycles. The van der Waals surface area contributed by atoms with Crippen LogP contribution in [0.5, 0.6) is 5.75 Å². The average molecular weight is 472 g/mol. The van der Waals surface area contributed by atoms with Gasteiger partial charge in [0.25, 0.3) is 0 Å². The molecule has 0 aliphatic rings. The van der Waals surface area contributed by atoms with Gasteiger partial charge in [-0.1, -0.05) is 78.4 Å². The van der Waals surface area contributed by atoms with Gasteiger partial charge < -0.3 is 15.2 Å². The van der Waals surface area contributed by atoms with Crippen LogP contribution in [0, 0.1) is 0 Å². The quantitative estimate of drug-likeness (QED) is 0.330. The van der Waals surface area contributed by atoms with Crippen molar-refractivity contribution in [2.45, 2.75) is 12.8 Å². The van der Waals surface area contributed by atoms with Gasteiger partial charge in [0.05, 0.1) is 18.1 Å². The first-order valence-corrected chi connectivity index (χ1v) is 10.7. The Morgan fingerprint density at radius 1 is 1.00 bits per heavy atom. The highest BCUT2D eigenvalue weighted by Gasteiger charge is 2.02. The van der Waals surface area contributed by atoms with E-state index in [4.69, 9.17) is 21.4 Å². The standard InChI is InChI=1S/C26H26ClNO3.ClH/c27-25-19-24(13-12-23(25)7-4-16-28-17-14-26(29)30)31-18-15-20-8-10-22(11-9-20)21-5-2-1-3-6-21;/h1-13,19,28H,14-18H2,(H,29,30);1H/b7-4+;. The summed E-state index contributed by atoms with van der Waals surface area (Å²) in [7, 11) is 0. The Labute approximate surface area is 200 Å². The monoisotopic (exact) mass is 471 g/mol. The van der Waals surface area contributed by atoms with Crippen molar-refractivity contribution in [2.24, 2.45) is 0 Å². The van der Waals surface area contributed by atoms with E-state index in [-0.39, 0.29) is 18.8 Å². The van der Waals surface area contributed by atoms with Crippen molar-refractivity contribution in [1.82, 2.24) is 5.32 Å². The second-order valence-corrected chi connectivity index (χ2v) is 7.50. The fourth-order valence-electron chi connectivity index (χ4n) is 3.08. The molecule has 0 radical (unpaired) electrons. The summed E-state index contributed by atoms with van der Waals surface area (Å²) in [5, 5.41) is 12.3. The van der Waals surface area contributed by atoms with Gasteiger partial charge in [0.15, 0.2) is 0 Å². The number of ether oxygens (including phenoxy) is 1. The van der Waals surface area contributed by atoms with Crippen LogP contribution in [0.15, 0.2) is 78.9 Å². The second-order valence-electron chi connectivity index (χ2n) is 7.09. The summed E-state index contributed by atoms with van der Waals surface area (Å²) in [4.78, 5) is 10.5. The zero-order valence-electron chi connectivity index (χ0n) is 17.7. The zero-order chi connectivity index (χ0) is 21.9. The summed E-state index contributed by atoms with van der Waals surface area (Å²) in [6.45, 7) is 1.60. The Morgan fingerprint density at radius 2 is 1.72 bits per heavy atom. The molecule has 32 heavy (non-hydrogen) atoms. The van der Waals surface area contributed by atoms with Crippen molar-refractivity contribution in [3.8, 4) is 16.9 Å². The zero-order valence-corrected chi connectivity index (χ0v) is 19.2. The molecule has 0 aromatic heterocycles. The molecule has 0 bridgehead atoms. The van der Waals surface area contributed by atoms with Crippen molar-refractivity contribution in [1.29, 1.82) is 0 Å². The topological polar surface area (TPSA) is 58.6 Å². The van der Waals surface area contributed by atoms with Crippen LogP contribution < -0.4 is 10.1 Å². The summed E-state index contributed by atoms with van der Waals surface area (Å²) < 4.78 is 5.86. The van der Waals surface area contributed by atoms with Crippen LogP contribution in [0.25, 0.3) is 17.2 Å². The predicted molar refractivity (Wildman–Crippen MR) is 134 cm³/mol. The van der Waals surface area contributed by atoms with Crippen LogP contribution in [0.2, 0.25) is 5.02 Å². The third-order valence-electron chi connectivity index (χ3n) is 4.77. The van der Waals surface area contributed by atoms with E-state index in [9.17, 15) is 4.79 Å². The first-order chi connectivity index (χ1) is 15.1. The molecule has 3 rings (SSSR count). The van der Waals surface area contributed by atoms with Gasteiger partial charge in [0.2, 0.25) is 0 Å². The molecule has 3 aromatic rings. The lowest BCUT2D eigenvalue weighted by molar-refractivity contribution is -0.136. The molecule has 0 aliphatic heterocycles. The summed E-state index contributed by atoms with van der Waals surface area (Å²) >= 11 is 6.35. The van der Waals surface area contributed by atoms with Crippen LogP contribution in [0.3, 0.4) is 0 Å². The third-order valence-corrected chi connectivity index (χ3v) is 5.10. The molecule has 0 spiro atoms. The van der Waals surface area contributed by atoms with Crippen molar-refractivity contribution < 1.29 is 14.6 Å². The van der Waals surface area contributed by atoms with Crippen LogP contribution in [-0.4, -0.2) is 30.8 Å². The molecule has 0 unspecified atom stereocenters. The molecule has 4 nitrogen and oxygen atoms in total. The number of carboxylic acids is 1. The molecule has 168 valence electrons. The highest BCUT2D eigenvalue weighted by atomic mass is 35.5. The number of nitrogens with one attached hydrogen (secondary N) is 1. The lowest BCUT2D eigenvalue weighted by atomic mass is 10.0. The Kier molecular flexibility index (Phi) is 10.8. The largest absolute Gasteiger partial charge is 0.493 e. The van der Waals surface area contributed by atoms with Crippen LogP contribution in [0.4, 0.5) is 0 Å². The number of carbonyl (C=O) groups is 1. The van der Waals surface area contributed by atoms with Crippen molar-refractivity contribution in [3.63, 3.8) is 0 Å². The van der Waals surface area contributed by atoms with Gasteiger partial charge in [-0.05, 0) is 40.5 Å². The fourth-order valence-corrected chi connectivity index (χ4v) is 3.31. The molecular formula is C26H27Cl2NO3. The molecule has 3 aromatic carbocycles. The van der Waals surface area contributed by atoms with Gasteiger partial charge in [0, 0.05) is 19.5 Å². The number of aliphatic carboxylic acids is 1. The molecule has 6 heteroatoms. The number of hydrogen-bond acceptors (Lipinski definition) is 3. The lowest BCUT2D eigenvalue weighted by Gasteiger charge is -2.09. The Balaban J connectivity index is 0.00000363. The van der Waals surface area contributed by atoms with E-state index in [1.807, 2.05) is 48.6 Å². The van der Waals surface area contributed by atoms with Crippen LogP contribution >= 0.6 is 24.0 Å². The number of hydrogen-bond donors (Lipinski definition) is 2. The van der Waals surface area contributed by atoms with Crippen molar-refractivity contribution in [2.75, 3.05) is 19.7 Å². The van der Waals surface area contributed by atoms with Gasteiger partial charge in [0.1, 0.15) is 5.75 Å². The SMILES string of the molecule is Cl.O=C(O)CCNC/C=C/c1ccc(OCCc2ccc(-c3ccccc3)cc2)cc1Cl. The van der Waals surface area contributed by atoms with E-state index < -0.39 is 5.97 Å². The molecule has 2 N–H and O–H groups in total. The third kappa shape index (κ3) is 8.39. The number of rotatable bonds is 11. The maximum atomic E-state index is 10.5. The van der Waals surface area contributed by atoms with Gasteiger partial charge in [-0.2, -0.15) is 0 Å². The molecule has 0 saturated heterocycles. The number of carboxylic acid groups (broad SMARTS) is 1. The summed E-state index contributed by atoms with van der Waals surface area (Å²) in [5.74, 6) is -0.0676. The van der Waals surface area contributed by atoms with Gasteiger partial charge in [-0.15, -0.1) is 12.4 Å². The molecular weight excluding hydrogens is 445 g/mol. The minimum absolute atomic E-state index is 0. The average Bonchev–Trinajstić information content (AvgIpc) is 2.78. The summed E-state index contributed by atoms with van der Waals surface area (Å²) in [6, 6.07) is 24.5. The first-order valence-electron chi connectivity index (χ1n) is 10.3. The van der Waals surface area contributed by atoms with E-state index in [1.54, 1.807) is 0 Å². The van der Waals surface area contributed by atoms with E-state index in [0.717, 1.165) is 17.7 Å². The Hall–Kier alpha value is -2.79. The summed E-state index contributed by atoms with van der Waals surface area (Å²) in [6.07, 6.45) is 4.75. The molecule has 0 fully saturated rings. The van der Waals surface area contributed by atoms with E-state index >= 15 is 0 Å². The van der Waals surface area contributed by atoms with Gasteiger partial charge in [-0.25, -0.2) is 0 Å². The highest BCUT2D eigenvalue weighted by Crippen LogP contribution is 2.24. The van der Waals surface area contributed by atoms with Crippen LogP contribution in [0.1, 0.15) is 17.5 Å². The smallest absolute Gasteiger partial charge is 0.304 e. The van der Waals surface area contributed by atoms with Gasteiger partial charge in [-0.3, -0.25) is 4.79 Å². The number of benzene rings is 3. The number of halogens is 2. The molecule has 0 amide bonds. The molecule has 0 atom stereocenters. The first kappa shape index (κ1) is 25.5. The van der Waals surface area contributed by atoms with Crippen LogP contribution in [-0.2, 0) is 11.2 Å². The lowest BCUT2D eigenvalue weighted by Crippen LogP contribution is -2.17. The van der Waals surface area contributed by atoms with E-state index in [0.29, 0.717) is 24.7 Å². The Morgan fingerprint density at radius 3 is 2.41 bits per heavy atom. The molecule has 0 aliphatic carbocycles. The van der Waals surface area contributed by atoms with E-state index in [2.05, 4.69) is 41.7 Å². The minimum Gasteiger partial charge on any atom is -0.493 e. The summed E-state index contributed by atoms with van der Waals surface area (Å²) in [5.41, 5.74) is 4.54. The Bertz CT molecular complexity index is 1010.